The van der Waals surface area contributed by atoms with Crippen LogP contribution in [0.25, 0.3) is 10.9 Å². The van der Waals surface area contributed by atoms with Gasteiger partial charge in [-0.1, -0.05) is 58.7 Å². The van der Waals surface area contributed by atoms with Gasteiger partial charge in [-0.2, -0.15) is 0 Å². The number of carbonyl (C=O) groups is 1. The summed E-state index contributed by atoms with van der Waals surface area (Å²) >= 11 is 0. The highest BCUT2D eigenvalue weighted by atomic mass is 16.5. The van der Waals surface area contributed by atoms with Gasteiger partial charge in [0.15, 0.2) is 0 Å². The molecule has 0 radical (unpaired) electrons. The van der Waals surface area contributed by atoms with Crippen molar-refractivity contribution in [2.75, 3.05) is 20.2 Å². The van der Waals surface area contributed by atoms with Crippen LogP contribution in [0.5, 0.6) is 5.75 Å². The number of aromatic carboxylic acids is 1. The molecule has 192 valence electrons. The second-order valence-electron chi connectivity index (χ2n) is 9.78. The number of H-pyrrole nitrogens is 1. The molecule has 35 heavy (non-hydrogen) atoms. The molecule has 1 fully saturated rings. The standard InChI is InChI=1S/C16H22N2O.C7H6O2.C7H16/c1-12-10-15(19-2)14(13-6-7-17-16(12)13)11-18-8-4-3-5-9-18;8-7(9)6-4-2-1-3-5-6;1-5-7(4)6(2)3/h6-7,10,17H,3-5,8-9,11H2,1-2H3;1-5H,(H,8,9);6-7H,5H2,1-4H3. The highest BCUT2D eigenvalue weighted by Gasteiger charge is 2.17. The molecule has 2 aromatic carbocycles. The first-order chi connectivity index (χ1) is 16.8. The second-order valence-corrected chi connectivity index (χ2v) is 9.78. The molecule has 1 aliphatic rings. The van der Waals surface area contributed by atoms with E-state index in [9.17, 15) is 4.79 Å². The summed E-state index contributed by atoms with van der Waals surface area (Å²) in [6.07, 6.45) is 7.37. The zero-order valence-electron chi connectivity index (χ0n) is 22.4. The van der Waals surface area contributed by atoms with Crippen molar-refractivity contribution in [3.63, 3.8) is 0 Å². The lowest BCUT2D eigenvalue weighted by molar-refractivity contribution is 0.0697. The number of nitrogens with zero attached hydrogens (tertiary/aromatic N) is 1. The quantitative estimate of drug-likeness (QED) is 0.382. The highest BCUT2D eigenvalue weighted by Crippen LogP contribution is 2.32. The number of carboxylic acids is 1. The van der Waals surface area contributed by atoms with E-state index in [0.717, 1.165) is 24.1 Å². The van der Waals surface area contributed by atoms with Crippen molar-refractivity contribution < 1.29 is 14.6 Å². The Bertz CT molecular complexity index is 1020. The predicted molar refractivity (Wildman–Crippen MR) is 146 cm³/mol. The van der Waals surface area contributed by atoms with Crippen LogP contribution in [0.1, 0.15) is 74.9 Å². The van der Waals surface area contributed by atoms with Crippen LogP contribution in [0.15, 0.2) is 48.7 Å². The third-order valence-corrected chi connectivity index (χ3v) is 6.96. The van der Waals surface area contributed by atoms with E-state index in [1.807, 2.05) is 6.20 Å². The fourth-order valence-corrected chi connectivity index (χ4v) is 4.17. The minimum Gasteiger partial charge on any atom is -0.496 e. The molecule has 4 rings (SSSR count). The molecule has 1 atom stereocenters. The lowest BCUT2D eigenvalue weighted by Gasteiger charge is -2.27. The van der Waals surface area contributed by atoms with Crippen LogP contribution in [0.4, 0.5) is 0 Å². The van der Waals surface area contributed by atoms with Gasteiger partial charge in [0.05, 0.1) is 12.7 Å². The van der Waals surface area contributed by atoms with Crippen LogP contribution in [0, 0.1) is 18.8 Å². The summed E-state index contributed by atoms with van der Waals surface area (Å²) in [4.78, 5) is 16.1. The fourth-order valence-electron chi connectivity index (χ4n) is 4.17. The molecule has 0 saturated carbocycles. The molecule has 3 aromatic rings. The topological polar surface area (TPSA) is 65.6 Å². The SMILES string of the molecule is CCC(C)C(C)C.COc1cc(C)c2[nH]ccc2c1CN1CCCCC1.O=C(O)c1ccccc1. The van der Waals surface area contributed by atoms with E-state index < -0.39 is 5.97 Å². The number of aryl methyl sites for hydroxylation is 1. The predicted octanol–water partition coefficient (Wildman–Crippen LogP) is 7.54. The van der Waals surface area contributed by atoms with E-state index in [1.54, 1.807) is 37.4 Å². The van der Waals surface area contributed by atoms with Crippen LogP contribution < -0.4 is 4.74 Å². The van der Waals surface area contributed by atoms with Gasteiger partial charge in [-0.15, -0.1) is 0 Å². The maximum atomic E-state index is 10.2. The molecule has 0 amide bonds. The number of aromatic nitrogens is 1. The molecule has 0 spiro atoms. The van der Waals surface area contributed by atoms with Crippen LogP contribution in [0.2, 0.25) is 0 Å². The number of methoxy groups -OCH3 is 1. The van der Waals surface area contributed by atoms with Gasteiger partial charge in [0.25, 0.3) is 0 Å². The molecule has 1 aromatic heterocycles. The smallest absolute Gasteiger partial charge is 0.335 e. The van der Waals surface area contributed by atoms with Gasteiger partial charge in [0.2, 0.25) is 0 Å². The average Bonchev–Trinajstić information content (AvgIpc) is 3.38. The van der Waals surface area contributed by atoms with E-state index in [1.165, 1.54) is 60.8 Å². The van der Waals surface area contributed by atoms with Crippen molar-refractivity contribution in [1.82, 2.24) is 9.88 Å². The number of hydrogen-bond donors (Lipinski definition) is 2. The van der Waals surface area contributed by atoms with Gasteiger partial charge in [-0.25, -0.2) is 4.79 Å². The van der Waals surface area contributed by atoms with Crippen LogP contribution in [-0.4, -0.2) is 41.2 Å². The molecular formula is C30H44N2O3. The minimum atomic E-state index is -0.879. The Hall–Kier alpha value is -2.79. The first kappa shape index (κ1) is 28.4. The molecule has 5 nitrogen and oxygen atoms in total. The van der Waals surface area contributed by atoms with Crippen LogP contribution >= 0.6 is 0 Å². The van der Waals surface area contributed by atoms with E-state index >= 15 is 0 Å². The fraction of sp³-hybridized carbons (Fsp3) is 0.500. The van der Waals surface area contributed by atoms with Crippen molar-refractivity contribution in [3.05, 3.63) is 65.4 Å². The number of aromatic amines is 1. The maximum absolute atomic E-state index is 10.2. The summed E-state index contributed by atoms with van der Waals surface area (Å²) in [6, 6.07) is 12.6. The van der Waals surface area contributed by atoms with Crippen molar-refractivity contribution >= 4 is 16.9 Å². The first-order valence-corrected chi connectivity index (χ1v) is 12.9. The van der Waals surface area contributed by atoms with E-state index in [2.05, 4.69) is 56.6 Å². The summed E-state index contributed by atoms with van der Waals surface area (Å²) in [5, 5.41) is 9.69. The Morgan fingerprint density at radius 1 is 1.09 bits per heavy atom. The summed E-state index contributed by atoms with van der Waals surface area (Å²) in [7, 11) is 1.77. The van der Waals surface area contributed by atoms with Crippen molar-refractivity contribution in [2.24, 2.45) is 11.8 Å². The molecule has 0 aliphatic carbocycles. The number of ether oxygens (including phenoxy) is 1. The lowest BCUT2D eigenvalue weighted by atomic mass is 9.96. The number of rotatable bonds is 6. The number of benzene rings is 2. The van der Waals surface area contributed by atoms with Gasteiger partial charge < -0.3 is 14.8 Å². The molecule has 1 saturated heterocycles. The summed E-state index contributed by atoms with van der Waals surface area (Å²) in [5.41, 5.74) is 4.15. The Balaban J connectivity index is 0.000000225. The molecular weight excluding hydrogens is 436 g/mol. The van der Waals surface area contributed by atoms with Gasteiger partial charge in [0, 0.05) is 29.2 Å². The molecule has 1 aliphatic heterocycles. The number of hydrogen-bond acceptors (Lipinski definition) is 3. The molecule has 0 bridgehead atoms. The number of fused-ring (bicyclic) bond motifs is 1. The monoisotopic (exact) mass is 480 g/mol. The summed E-state index contributed by atoms with van der Waals surface area (Å²) < 4.78 is 5.60. The number of likely N-dealkylation sites (tertiary alicyclic amines) is 1. The minimum absolute atomic E-state index is 0.331. The van der Waals surface area contributed by atoms with Crippen LogP contribution in [-0.2, 0) is 6.54 Å². The Morgan fingerprint density at radius 2 is 1.74 bits per heavy atom. The molecule has 2 N–H and O–H groups in total. The third-order valence-electron chi connectivity index (χ3n) is 6.96. The van der Waals surface area contributed by atoms with Gasteiger partial charge >= 0.3 is 5.97 Å². The Labute approximate surface area is 211 Å². The molecule has 5 heteroatoms. The normalized spacial score (nSPS) is 14.5. The average molecular weight is 481 g/mol. The van der Waals surface area contributed by atoms with Crippen LogP contribution in [0.3, 0.4) is 0 Å². The zero-order valence-corrected chi connectivity index (χ0v) is 22.4. The second kappa shape index (κ2) is 14.6. The Kier molecular flexibility index (Phi) is 11.8. The van der Waals surface area contributed by atoms with Gasteiger partial charge in [-0.3, -0.25) is 4.90 Å². The summed E-state index contributed by atoms with van der Waals surface area (Å²) in [5.74, 6) is 1.91. The summed E-state index contributed by atoms with van der Waals surface area (Å²) in [6.45, 7) is 14.6. The van der Waals surface area contributed by atoms with Crippen molar-refractivity contribution in [3.8, 4) is 5.75 Å². The first-order valence-electron chi connectivity index (χ1n) is 12.9. The van der Waals surface area contributed by atoms with E-state index in [4.69, 9.17) is 9.84 Å². The zero-order chi connectivity index (χ0) is 25.8. The van der Waals surface area contributed by atoms with Gasteiger partial charge in [0.1, 0.15) is 5.75 Å². The van der Waals surface area contributed by atoms with Crippen molar-refractivity contribution in [1.29, 1.82) is 0 Å². The molecule has 1 unspecified atom stereocenters. The molecule has 2 heterocycles. The van der Waals surface area contributed by atoms with Crippen molar-refractivity contribution in [2.45, 2.75) is 66.8 Å². The lowest BCUT2D eigenvalue weighted by Crippen LogP contribution is -2.29. The number of piperidine rings is 1. The largest absolute Gasteiger partial charge is 0.496 e. The third kappa shape index (κ3) is 8.74. The number of carboxylic acid groups (broad SMARTS) is 1. The van der Waals surface area contributed by atoms with Gasteiger partial charge in [-0.05, 0) is 74.5 Å². The highest BCUT2D eigenvalue weighted by molar-refractivity contribution is 5.88. The van der Waals surface area contributed by atoms with E-state index in [-0.39, 0.29) is 0 Å². The Morgan fingerprint density at radius 3 is 2.23 bits per heavy atom. The van der Waals surface area contributed by atoms with E-state index in [0.29, 0.717) is 5.56 Å². The maximum Gasteiger partial charge on any atom is 0.335 e. The number of nitrogens with one attached hydrogen (secondary N) is 1.